The Kier molecular flexibility index (Phi) is 3.32. The highest BCUT2D eigenvalue weighted by Crippen LogP contribution is 2.21. The quantitative estimate of drug-likeness (QED) is 0.789. The van der Waals surface area contributed by atoms with Gasteiger partial charge < -0.3 is 20.6 Å². The van der Waals surface area contributed by atoms with Crippen LogP contribution in [0, 0.1) is 0 Å². The molecule has 1 aliphatic heterocycles. The Bertz CT molecular complexity index is 433. The maximum absolute atomic E-state index is 10.8. The van der Waals surface area contributed by atoms with Crippen molar-refractivity contribution in [3.05, 3.63) is 10.8 Å². The molecule has 1 aliphatic rings. The molecule has 17 heavy (non-hydrogen) atoms. The summed E-state index contributed by atoms with van der Waals surface area (Å²) in [5.41, 5.74) is 5.77. The molecular formula is C9H12BrN5O2. The molecule has 0 atom stereocenters. The Morgan fingerprint density at radius 2 is 2.06 bits per heavy atom. The van der Waals surface area contributed by atoms with Gasteiger partial charge in [-0.1, -0.05) is 0 Å². The van der Waals surface area contributed by atoms with E-state index in [-0.39, 0.29) is 0 Å². The summed E-state index contributed by atoms with van der Waals surface area (Å²) in [5, 5.41) is 8.83. The van der Waals surface area contributed by atoms with Gasteiger partial charge in [-0.25, -0.2) is 14.8 Å². The van der Waals surface area contributed by atoms with E-state index >= 15 is 0 Å². The zero-order chi connectivity index (χ0) is 12.4. The summed E-state index contributed by atoms with van der Waals surface area (Å²) in [6, 6.07) is 0. The number of amides is 1. The lowest BCUT2D eigenvalue weighted by molar-refractivity contribution is 0.142. The largest absolute Gasteiger partial charge is 0.465 e. The first kappa shape index (κ1) is 11.9. The molecule has 0 aromatic carbocycles. The van der Waals surface area contributed by atoms with Gasteiger partial charge in [-0.05, 0) is 15.9 Å². The average Bonchev–Trinajstić information content (AvgIpc) is 2.29. The number of nitrogen functional groups attached to an aromatic ring is 1. The molecule has 0 spiro atoms. The van der Waals surface area contributed by atoms with Crippen molar-refractivity contribution in [1.29, 1.82) is 0 Å². The number of carboxylic acid groups (broad SMARTS) is 1. The number of hydrogen-bond donors (Lipinski definition) is 2. The van der Waals surface area contributed by atoms with E-state index in [9.17, 15) is 4.79 Å². The van der Waals surface area contributed by atoms with Crippen LogP contribution in [-0.4, -0.2) is 52.2 Å². The van der Waals surface area contributed by atoms with Gasteiger partial charge in [0.25, 0.3) is 0 Å². The van der Waals surface area contributed by atoms with Crippen LogP contribution in [0.5, 0.6) is 0 Å². The van der Waals surface area contributed by atoms with Crippen molar-refractivity contribution >= 4 is 33.7 Å². The molecule has 0 bridgehead atoms. The number of nitrogens with two attached hydrogens (primary N) is 1. The summed E-state index contributed by atoms with van der Waals surface area (Å²) in [5.74, 6) is 0.960. The molecule has 8 heteroatoms. The number of aromatic nitrogens is 2. The molecule has 0 saturated carbocycles. The monoisotopic (exact) mass is 301 g/mol. The van der Waals surface area contributed by atoms with Crippen molar-refractivity contribution < 1.29 is 9.90 Å². The van der Waals surface area contributed by atoms with Crippen molar-refractivity contribution in [3.63, 3.8) is 0 Å². The normalized spacial score (nSPS) is 16.1. The van der Waals surface area contributed by atoms with Crippen LogP contribution in [0.25, 0.3) is 0 Å². The van der Waals surface area contributed by atoms with Gasteiger partial charge in [0.2, 0.25) is 0 Å². The summed E-state index contributed by atoms with van der Waals surface area (Å²) in [6.07, 6.45) is 0.689. The minimum absolute atomic E-state index is 0.350. The molecular weight excluding hydrogens is 290 g/mol. The van der Waals surface area contributed by atoms with Crippen LogP contribution in [0.2, 0.25) is 0 Å². The molecule has 3 N–H and O–H groups in total. The smallest absolute Gasteiger partial charge is 0.407 e. The molecule has 0 unspecified atom stereocenters. The van der Waals surface area contributed by atoms with Crippen molar-refractivity contribution in [1.82, 2.24) is 14.9 Å². The third-order valence-corrected chi connectivity index (χ3v) is 2.98. The summed E-state index contributed by atoms with van der Waals surface area (Å²) >= 11 is 3.19. The van der Waals surface area contributed by atoms with Crippen molar-refractivity contribution in [2.75, 3.05) is 36.8 Å². The van der Waals surface area contributed by atoms with Crippen molar-refractivity contribution in [2.45, 2.75) is 0 Å². The molecule has 2 rings (SSSR count). The number of piperazine rings is 1. The Balaban J connectivity index is 2.08. The number of halogens is 1. The fraction of sp³-hybridized carbons (Fsp3) is 0.444. The van der Waals surface area contributed by atoms with E-state index < -0.39 is 6.09 Å². The Labute approximate surface area is 106 Å². The number of anilines is 2. The number of rotatable bonds is 1. The van der Waals surface area contributed by atoms with E-state index in [2.05, 4.69) is 25.9 Å². The van der Waals surface area contributed by atoms with E-state index in [1.54, 1.807) is 6.20 Å². The molecule has 1 aromatic heterocycles. The minimum Gasteiger partial charge on any atom is -0.465 e. The lowest BCUT2D eigenvalue weighted by Crippen LogP contribution is -2.48. The first-order valence-electron chi connectivity index (χ1n) is 5.09. The second kappa shape index (κ2) is 4.74. The molecule has 92 valence electrons. The van der Waals surface area contributed by atoms with Gasteiger partial charge in [0.1, 0.15) is 4.60 Å². The molecule has 0 radical (unpaired) electrons. The lowest BCUT2D eigenvalue weighted by atomic mass is 10.3. The van der Waals surface area contributed by atoms with Crippen LogP contribution < -0.4 is 10.6 Å². The Morgan fingerprint density at radius 3 is 2.59 bits per heavy atom. The van der Waals surface area contributed by atoms with Gasteiger partial charge in [0.05, 0.1) is 6.20 Å². The van der Waals surface area contributed by atoms with E-state index in [1.807, 2.05) is 4.90 Å². The first-order chi connectivity index (χ1) is 8.08. The molecule has 1 fully saturated rings. The summed E-state index contributed by atoms with van der Waals surface area (Å²) in [4.78, 5) is 22.3. The van der Waals surface area contributed by atoms with Crippen LogP contribution in [0.3, 0.4) is 0 Å². The molecule has 2 heterocycles. The highest BCUT2D eigenvalue weighted by molar-refractivity contribution is 9.10. The van der Waals surface area contributed by atoms with Crippen molar-refractivity contribution in [2.24, 2.45) is 0 Å². The van der Waals surface area contributed by atoms with Crippen LogP contribution in [-0.2, 0) is 0 Å². The highest BCUT2D eigenvalue weighted by atomic mass is 79.9. The second-order valence-corrected chi connectivity index (χ2v) is 4.47. The summed E-state index contributed by atoms with van der Waals surface area (Å²) in [6.45, 7) is 2.05. The Morgan fingerprint density at radius 1 is 1.41 bits per heavy atom. The van der Waals surface area contributed by atoms with E-state index in [1.165, 1.54) is 4.90 Å². The Hall–Kier alpha value is -1.57. The predicted molar refractivity (Wildman–Crippen MR) is 66.0 cm³/mol. The van der Waals surface area contributed by atoms with Crippen molar-refractivity contribution in [3.8, 4) is 0 Å². The van der Waals surface area contributed by atoms with E-state index in [4.69, 9.17) is 10.8 Å². The van der Waals surface area contributed by atoms with Gasteiger partial charge in [-0.3, -0.25) is 0 Å². The third-order valence-electron chi connectivity index (χ3n) is 2.60. The second-order valence-electron chi connectivity index (χ2n) is 3.66. The zero-order valence-electron chi connectivity index (χ0n) is 9.01. The summed E-state index contributed by atoms with van der Waals surface area (Å²) in [7, 11) is 0. The lowest BCUT2D eigenvalue weighted by Gasteiger charge is -2.33. The van der Waals surface area contributed by atoms with Gasteiger partial charge in [0.15, 0.2) is 11.6 Å². The highest BCUT2D eigenvalue weighted by Gasteiger charge is 2.22. The van der Waals surface area contributed by atoms with Gasteiger partial charge in [-0.15, -0.1) is 0 Å². The zero-order valence-corrected chi connectivity index (χ0v) is 10.6. The molecule has 0 aliphatic carbocycles. The fourth-order valence-corrected chi connectivity index (χ4v) is 2.02. The van der Waals surface area contributed by atoms with Crippen LogP contribution >= 0.6 is 15.9 Å². The van der Waals surface area contributed by atoms with Gasteiger partial charge in [-0.2, -0.15) is 0 Å². The van der Waals surface area contributed by atoms with Gasteiger partial charge >= 0.3 is 6.09 Å². The average molecular weight is 302 g/mol. The van der Waals surface area contributed by atoms with Gasteiger partial charge in [0, 0.05) is 26.2 Å². The standard InChI is InChI=1S/C9H12BrN5O2/c10-6-5-12-8(7(11)13-6)14-1-3-15(4-2-14)9(16)17/h5H,1-4H2,(H2,11,13)(H,16,17). The summed E-state index contributed by atoms with van der Waals surface area (Å²) < 4.78 is 0.586. The van der Waals surface area contributed by atoms with Crippen LogP contribution in [0.1, 0.15) is 0 Å². The van der Waals surface area contributed by atoms with E-state index in [0.717, 1.165) is 0 Å². The molecule has 1 amide bonds. The number of hydrogen-bond acceptors (Lipinski definition) is 5. The SMILES string of the molecule is Nc1nc(Br)cnc1N1CCN(C(=O)O)CC1. The molecule has 7 nitrogen and oxygen atoms in total. The maximum Gasteiger partial charge on any atom is 0.407 e. The third kappa shape index (κ3) is 2.57. The van der Waals surface area contributed by atoms with Crippen LogP contribution in [0.15, 0.2) is 10.8 Å². The fourth-order valence-electron chi connectivity index (χ4n) is 1.73. The first-order valence-corrected chi connectivity index (χ1v) is 5.88. The number of nitrogens with zero attached hydrogens (tertiary/aromatic N) is 4. The predicted octanol–water partition coefficient (Wildman–Crippen LogP) is 0.621. The molecule has 1 saturated heterocycles. The maximum atomic E-state index is 10.8. The topological polar surface area (TPSA) is 95.6 Å². The molecule has 1 aromatic rings. The van der Waals surface area contributed by atoms with Crippen LogP contribution in [0.4, 0.5) is 16.4 Å². The number of carbonyl (C=O) groups is 1. The van der Waals surface area contributed by atoms with E-state index in [0.29, 0.717) is 42.4 Å². The minimum atomic E-state index is -0.889.